The fourth-order valence-corrected chi connectivity index (χ4v) is 2.38. The molecule has 0 atom stereocenters. The lowest BCUT2D eigenvalue weighted by atomic mass is 10.1. The van der Waals surface area contributed by atoms with Crippen LogP contribution in [0.5, 0.6) is 0 Å². The Hall–Kier alpha value is -1.66. The number of benzene rings is 1. The number of rotatable bonds is 2. The summed E-state index contributed by atoms with van der Waals surface area (Å²) in [6.45, 7) is 4.01. The summed E-state index contributed by atoms with van der Waals surface area (Å²) in [7, 11) is 0. The second-order valence-electron chi connectivity index (χ2n) is 3.60. The molecular formula is C13H12N2S. The van der Waals surface area contributed by atoms with E-state index in [1.165, 1.54) is 16.9 Å². The second-order valence-corrected chi connectivity index (χ2v) is 4.59. The van der Waals surface area contributed by atoms with Crippen LogP contribution in [0.1, 0.15) is 23.1 Å². The summed E-state index contributed by atoms with van der Waals surface area (Å²) >= 11 is 1.45. The van der Waals surface area contributed by atoms with Gasteiger partial charge in [-0.05, 0) is 18.9 Å². The molecule has 0 bridgehead atoms. The van der Waals surface area contributed by atoms with Crippen molar-refractivity contribution in [2.45, 2.75) is 20.3 Å². The van der Waals surface area contributed by atoms with E-state index in [4.69, 9.17) is 5.26 Å². The molecule has 0 saturated heterocycles. The highest BCUT2D eigenvalue weighted by Gasteiger charge is 2.08. The molecule has 0 saturated carbocycles. The lowest BCUT2D eigenvalue weighted by molar-refractivity contribution is 1.14. The second kappa shape index (κ2) is 4.46. The van der Waals surface area contributed by atoms with E-state index in [-0.39, 0.29) is 0 Å². The third-order valence-electron chi connectivity index (χ3n) is 2.51. The first-order valence-electron chi connectivity index (χ1n) is 5.21. The molecule has 3 heteroatoms. The number of nitriles is 1. The van der Waals surface area contributed by atoms with E-state index in [9.17, 15) is 0 Å². The zero-order chi connectivity index (χ0) is 11.5. The van der Waals surface area contributed by atoms with Gasteiger partial charge >= 0.3 is 0 Å². The standard InChI is InChI=1S/C13H12N2S/c1-3-10-4-6-11(7-5-10)13-15-9(2)12(8-14)16-13/h4-7H,3H2,1-2H3. The molecule has 0 spiro atoms. The molecule has 80 valence electrons. The van der Waals surface area contributed by atoms with Crippen molar-refractivity contribution in [1.29, 1.82) is 5.26 Å². The molecule has 1 heterocycles. The van der Waals surface area contributed by atoms with Gasteiger partial charge in [-0.25, -0.2) is 4.98 Å². The lowest BCUT2D eigenvalue weighted by Gasteiger charge is -1.98. The molecule has 0 aliphatic heterocycles. The SMILES string of the molecule is CCc1ccc(-c2nc(C)c(C#N)s2)cc1. The molecule has 2 rings (SSSR count). The topological polar surface area (TPSA) is 36.7 Å². The van der Waals surface area contributed by atoms with Crippen LogP contribution in [-0.4, -0.2) is 4.98 Å². The van der Waals surface area contributed by atoms with Gasteiger partial charge in [-0.15, -0.1) is 11.3 Å². The summed E-state index contributed by atoms with van der Waals surface area (Å²) in [6, 6.07) is 10.5. The Morgan fingerprint density at radius 1 is 1.31 bits per heavy atom. The van der Waals surface area contributed by atoms with Crippen molar-refractivity contribution in [2.75, 3.05) is 0 Å². The van der Waals surface area contributed by atoms with Crippen LogP contribution in [0.2, 0.25) is 0 Å². The Morgan fingerprint density at radius 3 is 2.50 bits per heavy atom. The third kappa shape index (κ3) is 1.98. The van der Waals surface area contributed by atoms with Gasteiger partial charge < -0.3 is 0 Å². The van der Waals surface area contributed by atoms with E-state index in [2.05, 4.69) is 42.2 Å². The first kappa shape index (κ1) is 10.8. The number of thiazole rings is 1. The van der Waals surface area contributed by atoms with Gasteiger partial charge in [0.15, 0.2) is 0 Å². The summed E-state index contributed by atoms with van der Waals surface area (Å²) in [5.41, 5.74) is 3.23. The van der Waals surface area contributed by atoms with Gasteiger partial charge in [-0.3, -0.25) is 0 Å². The van der Waals surface area contributed by atoms with Crippen molar-refractivity contribution < 1.29 is 0 Å². The predicted molar refractivity (Wildman–Crippen MR) is 66.4 cm³/mol. The summed E-state index contributed by atoms with van der Waals surface area (Å²) in [5, 5.41) is 9.81. The molecule has 1 aromatic carbocycles. The normalized spacial score (nSPS) is 10.1. The quantitative estimate of drug-likeness (QED) is 0.788. The monoisotopic (exact) mass is 228 g/mol. The van der Waals surface area contributed by atoms with E-state index in [1.54, 1.807) is 0 Å². The molecule has 0 aliphatic carbocycles. The Morgan fingerprint density at radius 2 is 2.00 bits per heavy atom. The van der Waals surface area contributed by atoms with Gasteiger partial charge in [0.1, 0.15) is 16.0 Å². The van der Waals surface area contributed by atoms with Crippen molar-refractivity contribution in [1.82, 2.24) is 4.98 Å². The molecule has 0 radical (unpaired) electrons. The minimum Gasteiger partial charge on any atom is -0.240 e. The van der Waals surface area contributed by atoms with E-state index in [1.807, 2.05) is 6.92 Å². The number of hydrogen-bond acceptors (Lipinski definition) is 3. The minimum absolute atomic E-state index is 0.703. The van der Waals surface area contributed by atoms with Crippen molar-refractivity contribution in [2.24, 2.45) is 0 Å². The molecule has 2 nitrogen and oxygen atoms in total. The van der Waals surface area contributed by atoms with Gasteiger partial charge in [0, 0.05) is 5.56 Å². The van der Waals surface area contributed by atoms with E-state index >= 15 is 0 Å². The Balaban J connectivity index is 2.39. The van der Waals surface area contributed by atoms with Crippen LogP contribution >= 0.6 is 11.3 Å². The van der Waals surface area contributed by atoms with Gasteiger partial charge in [0.2, 0.25) is 0 Å². The van der Waals surface area contributed by atoms with Gasteiger partial charge in [-0.1, -0.05) is 31.2 Å². The van der Waals surface area contributed by atoms with Crippen LogP contribution in [-0.2, 0) is 6.42 Å². The van der Waals surface area contributed by atoms with Gasteiger partial charge in [-0.2, -0.15) is 5.26 Å². The average molecular weight is 228 g/mol. The molecule has 2 aromatic rings. The highest BCUT2D eigenvalue weighted by molar-refractivity contribution is 7.15. The van der Waals surface area contributed by atoms with Gasteiger partial charge in [0.25, 0.3) is 0 Å². The van der Waals surface area contributed by atoms with Crippen LogP contribution in [0.3, 0.4) is 0 Å². The van der Waals surface area contributed by atoms with Crippen LogP contribution in [0.4, 0.5) is 0 Å². The Kier molecular flexibility index (Phi) is 3.02. The van der Waals surface area contributed by atoms with Gasteiger partial charge in [0.05, 0.1) is 5.69 Å². The fraction of sp³-hybridized carbons (Fsp3) is 0.231. The lowest BCUT2D eigenvalue weighted by Crippen LogP contribution is -1.81. The smallest absolute Gasteiger partial charge is 0.128 e. The summed E-state index contributed by atoms with van der Waals surface area (Å²) in [6.07, 6.45) is 1.04. The Labute approximate surface area is 99.2 Å². The largest absolute Gasteiger partial charge is 0.240 e. The molecule has 16 heavy (non-hydrogen) atoms. The van der Waals surface area contributed by atoms with Crippen molar-refractivity contribution >= 4 is 11.3 Å². The first-order valence-corrected chi connectivity index (χ1v) is 6.03. The molecule has 0 aliphatic rings. The Bertz CT molecular complexity index is 532. The molecule has 0 N–H and O–H groups in total. The molecule has 0 unspecified atom stereocenters. The molecule has 0 fully saturated rings. The molecule has 1 aromatic heterocycles. The van der Waals surface area contributed by atoms with E-state index in [0.717, 1.165) is 22.7 Å². The first-order chi connectivity index (χ1) is 7.74. The summed E-state index contributed by atoms with van der Waals surface area (Å²) in [4.78, 5) is 5.11. The maximum atomic E-state index is 8.88. The van der Waals surface area contributed by atoms with Crippen molar-refractivity contribution in [3.63, 3.8) is 0 Å². The van der Waals surface area contributed by atoms with Crippen molar-refractivity contribution in [3.8, 4) is 16.6 Å². The molecule has 0 amide bonds. The maximum Gasteiger partial charge on any atom is 0.128 e. The summed E-state index contributed by atoms with van der Waals surface area (Å²) < 4.78 is 0. The molecular weight excluding hydrogens is 216 g/mol. The number of aryl methyl sites for hydroxylation is 2. The van der Waals surface area contributed by atoms with Crippen LogP contribution in [0, 0.1) is 18.3 Å². The van der Waals surface area contributed by atoms with E-state index < -0.39 is 0 Å². The van der Waals surface area contributed by atoms with Crippen molar-refractivity contribution in [3.05, 3.63) is 40.4 Å². The highest BCUT2D eigenvalue weighted by Crippen LogP contribution is 2.27. The van der Waals surface area contributed by atoms with Crippen LogP contribution in [0.15, 0.2) is 24.3 Å². The van der Waals surface area contributed by atoms with E-state index in [0.29, 0.717) is 4.88 Å². The van der Waals surface area contributed by atoms with Crippen LogP contribution < -0.4 is 0 Å². The third-order valence-corrected chi connectivity index (χ3v) is 3.62. The zero-order valence-corrected chi connectivity index (χ0v) is 10.1. The maximum absolute atomic E-state index is 8.88. The number of aromatic nitrogens is 1. The zero-order valence-electron chi connectivity index (χ0n) is 9.32. The van der Waals surface area contributed by atoms with Crippen LogP contribution in [0.25, 0.3) is 10.6 Å². The number of nitrogens with zero attached hydrogens (tertiary/aromatic N) is 2. The number of hydrogen-bond donors (Lipinski definition) is 0. The average Bonchev–Trinajstić information content (AvgIpc) is 2.71. The highest BCUT2D eigenvalue weighted by atomic mass is 32.1. The minimum atomic E-state index is 0.703. The fourth-order valence-electron chi connectivity index (χ4n) is 1.51. The summed E-state index contributed by atoms with van der Waals surface area (Å²) in [5.74, 6) is 0. The predicted octanol–water partition coefficient (Wildman–Crippen LogP) is 3.55.